The normalized spacial score (nSPS) is 11.1. The SMILES string of the molecule is [NH]C(=O)c1cc(F)ccc1S(=O)(=O)N(Oc1ccc(F)cc1)c1ccccc1. The second-order valence-corrected chi connectivity index (χ2v) is 7.30. The minimum absolute atomic E-state index is 0.00897. The van der Waals surface area contributed by atoms with Gasteiger partial charge in [-0.05, 0) is 54.6 Å². The largest absolute Gasteiger partial charge is 0.364 e. The summed E-state index contributed by atoms with van der Waals surface area (Å²) in [5.41, 5.74) is 6.70. The maximum absolute atomic E-state index is 13.5. The maximum atomic E-state index is 13.5. The van der Waals surface area contributed by atoms with Crippen molar-refractivity contribution in [2.24, 2.45) is 0 Å². The number of hydrogen-bond donors (Lipinski definition) is 0. The van der Waals surface area contributed by atoms with Crippen LogP contribution in [0.4, 0.5) is 14.5 Å². The number of halogens is 2. The number of nitrogens with zero attached hydrogens (tertiary/aromatic N) is 1. The van der Waals surface area contributed by atoms with Crippen LogP contribution in [0.1, 0.15) is 10.4 Å². The Labute approximate surface area is 159 Å². The Morgan fingerprint density at radius 1 is 0.893 bits per heavy atom. The number of nitrogens with one attached hydrogen (secondary N) is 1. The van der Waals surface area contributed by atoms with Gasteiger partial charge in [0.1, 0.15) is 16.5 Å². The van der Waals surface area contributed by atoms with Gasteiger partial charge in [0.25, 0.3) is 15.9 Å². The van der Waals surface area contributed by atoms with Crippen molar-refractivity contribution in [2.45, 2.75) is 4.90 Å². The Bertz CT molecular complexity index is 1100. The van der Waals surface area contributed by atoms with Gasteiger partial charge in [-0.2, -0.15) is 8.42 Å². The zero-order valence-corrected chi connectivity index (χ0v) is 15.0. The molecule has 0 saturated carbocycles. The van der Waals surface area contributed by atoms with E-state index >= 15 is 0 Å². The van der Waals surface area contributed by atoms with E-state index in [4.69, 9.17) is 10.6 Å². The average molecular weight is 403 g/mol. The zero-order valence-electron chi connectivity index (χ0n) is 14.2. The lowest BCUT2D eigenvalue weighted by Gasteiger charge is -2.24. The van der Waals surface area contributed by atoms with Gasteiger partial charge in [-0.1, -0.05) is 22.7 Å². The summed E-state index contributed by atoms with van der Waals surface area (Å²) in [5.74, 6) is -2.76. The van der Waals surface area contributed by atoms with Crippen molar-refractivity contribution in [2.75, 3.05) is 4.47 Å². The predicted molar refractivity (Wildman–Crippen MR) is 97.0 cm³/mol. The maximum Gasteiger partial charge on any atom is 0.296 e. The number of carbonyl (C=O) groups excluding carboxylic acids is 1. The van der Waals surface area contributed by atoms with Crippen LogP contribution in [-0.2, 0) is 10.0 Å². The number of anilines is 1. The Morgan fingerprint density at radius 3 is 2.11 bits per heavy atom. The fourth-order valence-electron chi connectivity index (χ4n) is 2.38. The highest BCUT2D eigenvalue weighted by Crippen LogP contribution is 2.28. The third-order valence-corrected chi connectivity index (χ3v) is 5.29. The number of hydrogen-bond acceptors (Lipinski definition) is 4. The number of rotatable bonds is 6. The van der Waals surface area contributed by atoms with Gasteiger partial charge in [0.2, 0.25) is 0 Å². The monoisotopic (exact) mass is 403 g/mol. The molecule has 1 N–H and O–H groups in total. The van der Waals surface area contributed by atoms with E-state index in [0.29, 0.717) is 10.5 Å². The number of carbonyl (C=O) groups is 1. The van der Waals surface area contributed by atoms with E-state index in [1.54, 1.807) is 18.2 Å². The highest BCUT2D eigenvalue weighted by atomic mass is 32.2. The van der Waals surface area contributed by atoms with E-state index in [1.165, 1.54) is 24.3 Å². The van der Waals surface area contributed by atoms with Gasteiger partial charge in [-0.25, -0.2) is 8.78 Å². The minimum atomic E-state index is -4.55. The summed E-state index contributed by atoms with van der Waals surface area (Å²) >= 11 is 0. The van der Waals surface area contributed by atoms with Crippen LogP contribution in [0, 0.1) is 11.6 Å². The Hall–Kier alpha value is -3.46. The fraction of sp³-hybridized carbons (Fsp3) is 0. The summed E-state index contributed by atoms with van der Waals surface area (Å²) in [5, 5.41) is 0. The molecule has 0 spiro atoms. The lowest BCUT2D eigenvalue weighted by atomic mass is 10.2. The van der Waals surface area contributed by atoms with Crippen molar-refractivity contribution in [3.05, 3.63) is 90.0 Å². The van der Waals surface area contributed by atoms with Crippen molar-refractivity contribution < 1.29 is 26.8 Å². The summed E-state index contributed by atoms with van der Waals surface area (Å²) in [6.45, 7) is 0. The van der Waals surface area contributed by atoms with Gasteiger partial charge in [-0.3, -0.25) is 10.5 Å². The summed E-state index contributed by atoms with van der Waals surface area (Å²) in [6, 6.07) is 14.7. The van der Waals surface area contributed by atoms with Gasteiger partial charge in [0.05, 0.1) is 11.3 Å². The fourth-order valence-corrected chi connectivity index (χ4v) is 3.81. The molecule has 3 aromatic carbocycles. The topological polar surface area (TPSA) is 87.5 Å². The van der Waals surface area contributed by atoms with Gasteiger partial charge in [0.15, 0.2) is 5.75 Å². The Kier molecular flexibility index (Phi) is 5.27. The van der Waals surface area contributed by atoms with Gasteiger partial charge >= 0.3 is 0 Å². The molecular weight excluding hydrogens is 390 g/mol. The molecule has 9 heteroatoms. The lowest BCUT2D eigenvalue weighted by molar-refractivity contribution is 0.0988. The molecule has 0 aliphatic heterocycles. The first-order valence-corrected chi connectivity index (χ1v) is 9.32. The molecule has 0 fully saturated rings. The lowest BCUT2D eigenvalue weighted by Crippen LogP contribution is -2.35. The van der Waals surface area contributed by atoms with Crippen LogP contribution in [-0.4, -0.2) is 14.3 Å². The van der Waals surface area contributed by atoms with Crippen LogP contribution in [0.25, 0.3) is 0 Å². The van der Waals surface area contributed by atoms with Crippen LogP contribution in [0.2, 0.25) is 0 Å². The van der Waals surface area contributed by atoms with E-state index in [9.17, 15) is 22.0 Å². The number of amides is 1. The summed E-state index contributed by atoms with van der Waals surface area (Å²) in [4.78, 5) is 16.4. The van der Waals surface area contributed by atoms with Crippen LogP contribution in [0.3, 0.4) is 0 Å². The van der Waals surface area contributed by atoms with E-state index in [0.717, 1.165) is 24.3 Å². The zero-order chi connectivity index (χ0) is 20.3. The molecule has 3 aromatic rings. The van der Waals surface area contributed by atoms with Gasteiger partial charge in [0, 0.05) is 0 Å². The van der Waals surface area contributed by atoms with Gasteiger partial charge < -0.3 is 4.84 Å². The molecule has 0 aliphatic carbocycles. The third-order valence-electron chi connectivity index (χ3n) is 3.65. The number of para-hydroxylation sites is 1. The molecule has 0 heterocycles. The van der Waals surface area contributed by atoms with Crippen molar-refractivity contribution in [3.63, 3.8) is 0 Å². The number of benzene rings is 3. The van der Waals surface area contributed by atoms with Crippen molar-refractivity contribution in [1.29, 1.82) is 0 Å². The summed E-state index contributed by atoms with van der Waals surface area (Å²) in [7, 11) is -4.55. The Morgan fingerprint density at radius 2 is 1.50 bits per heavy atom. The van der Waals surface area contributed by atoms with E-state index in [1.807, 2.05) is 0 Å². The average Bonchev–Trinajstić information content (AvgIpc) is 2.67. The molecule has 0 atom stereocenters. The molecule has 6 nitrogen and oxygen atoms in total. The van der Waals surface area contributed by atoms with Crippen LogP contribution < -0.4 is 15.0 Å². The molecular formula is C19H13F2N2O4S. The second kappa shape index (κ2) is 7.65. The summed E-state index contributed by atoms with van der Waals surface area (Å²) < 4.78 is 53.6. The molecule has 3 rings (SSSR count). The third kappa shape index (κ3) is 3.94. The Balaban J connectivity index is 2.14. The molecule has 143 valence electrons. The van der Waals surface area contributed by atoms with Crippen molar-refractivity contribution in [3.8, 4) is 5.75 Å². The van der Waals surface area contributed by atoms with Crippen molar-refractivity contribution >= 4 is 21.6 Å². The van der Waals surface area contributed by atoms with Crippen LogP contribution in [0.5, 0.6) is 5.75 Å². The standard InChI is InChI=1S/C19H13F2N2O4S/c20-13-6-9-16(10-7-13)27-23(15-4-2-1-3-5-15)28(25,26)18-11-8-14(21)12-17(18)19(22)24/h1-12,22H. The van der Waals surface area contributed by atoms with Crippen LogP contribution >= 0.6 is 0 Å². The first-order chi connectivity index (χ1) is 13.3. The quantitative estimate of drug-likeness (QED) is 0.589. The van der Waals surface area contributed by atoms with E-state index in [2.05, 4.69) is 0 Å². The highest BCUT2D eigenvalue weighted by Gasteiger charge is 2.31. The van der Waals surface area contributed by atoms with Crippen molar-refractivity contribution in [1.82, 2.24) is 5.73 Å². The molecule has 0 saturated heterocycles. The molecule has 0 unspecified atom stereocenters. The molecule has 0 aliphatic rings. The molecule has 0 aromatic heterocycles. The second-order valence-electron chi connectivity index (χ2n) is 5.58. The van der Waals surface area contributed by atoms with Crippen LogP contribution in [0.15, 0.2) is 77.7 Å². The summed E-state index contributed by atoms with van der Waals surface area (Å²) in [6.07, 6.45) is 0. The molecule has 0 bridgehead atoms. The molecule has 1 amide bonds. The van der Waals surface area contributed by atoms with E-state index in [-0.39, 0.29) is 11.4 Å². The first kappa shape index (κ1) is 19.3. The predicted octanol–water partition coefficient (Wildman–Crippen LogP) is 3.58. The molecule has 1 radical (unpaired) electrons. The minimum Gasteiger partial charge on any atom is -0.364 e. The highest BCUT2D eigenvalue weighted by molar-refractivity contribution is 7.92. The van der Waals surface area contributed by atoms with E-state index < -0.39 is 38.0 Å². The molecule has 28 heavy (non-hydrogen) atoms. The first-order valence-electron chi connectivity index (χ1n) is 7.88. The van der Waals surface area contributed by atoms with Gasteiger partial charge in [-0.15, -0.1) is 0 Å². The smallest absolute Gasteiger partial charge is 0.296 e. The number of sulfonamides is 1.